The number of thiol groups is 1. The van der Waals surface area contributed by atoms with Crippen LogP contribution in [0.25, 0.3) is 0 Å². The van der Waals surface area contributed by atoms with E-state index in [0.717, 1.165) is 5.76 Å². The van der Waals surface area contributed by atoms with Crippen LogP contribution in [0.3, 0.4) is 0 Å². The van der Waals surface area contributed by atoms with Gasteiger partial charge < -0.3 is 9.32 Å². The summed E-state index contributed by atoms with van der Waals surface area (Å²) >= 11 is 4.25. The van der Waals surface area contributed by atoms with Crippen LogP contribution in [-0.2, 0) is 11.3 Å². The summed E-state index contributed by atoms with van der Waals surface area (Å²) in [6.45, 7) is 1.21. The van der Waals surface area contributed by atoms with Crippen molar-refractivity contribution in [2.24, 2.45) is 0 Å². The van der Waals surface area contributed by atoms with Crippen molar-refractivity contribution in [3.63, 3.8) is 0 Å². The number of nitrogens with zero attached hydrogens (tertiary/aromatic N) is 2. The second-order valence-electron chi connectivity index (χ2n) is 3.10. The first-order valence-corrected chi connectivity index (χ1v) is 4.60. The summed E-state index contributed by atoms with van der Waals surface area (Å²) in [5.41, 5.74) is 0. The van der Waals surface area contributed by atoms with Gasteiger partial charge in [0.05, 0.1) is 12.7 Å². The standard InChI is InChI=1S/C8H10N2O2S/c11-8-1-7(13)4-10(8)3-6-2-9-5-12-6/h2,5,7,13H,1,3-4H2. The predicted molar refractivity (Wildman–Crippen MR) is 49.3 cm³/mol. The summed E-state index contributed by atoms with van der Waals surface area (Å²) in [4.78, 5) is 16.8. The number of carbonyl (C=O) groups excluding carboxylic acids is 1. The molecule has 1 amide bonds. The van der Waals surface area contributed by atoms with Crippen molar-refractivity contribution in [3.8, 4) is 0 Å². The van der Waals surface area contributed by atoms with Gasteiger partial charge in [-0.15, -0.1) is 0 Å². The number of aromatic nitrogens is 1. The summed E-state index contributed by atoms with van der Waals surface area (Å²) in [5, 5.41) is 0.162. The molecule has 13 heavy (non-hydrogen) atoms. The van der Waals surface area contributed by atoms with Crippen molar-refractivity contribution in [2.75, 3.05) is 6.54 Å². The number of hydrogen-bond donors (Lipinski definition) is 1. The highest BCUT2D eigenvalue weighted by molar-refractivity contribution is 7.81. The lowest BCUT2D eigenvalue weighted by Crippen LogP contribution is -2.24. The maximum absolute atomic E-state index is 11.3. The molecule has 0 saturated carbocycles. The van der Waals surface area contributed by atoms with E-state index in [-0.39, 0.29) is 11.2 Å². The molecule has 1 atom stereocenters. The molecule has 1 saturated heterocycles. The third-order valence-corrected chi connectivity index (χ3v) is 2.37. The van der Waals surface area contributed by atoms with Crippen molar-refractivity contribution in [2.45, 2.75) is 18.2 Å². The van der Waals surface area contributed by atoms with Gasteiger partial charge in [-0.2, -0.15) is 12.6 Å². The third-order valence-electron chi connectivity index (χ3n) is 2.02. The SMILES string of the molecule is O=C1CC(S)CN1Cc1cnco1. The lowest BCUT2D eigenvalue weighted by molar-refractivity contribution is -0.128. The normalized spacial score (nSPS) is 22.7. The fourth-order valence-electron chi connectivity index (χ4n) is 1.41. The summed E-state index contributed by atoms with van der Waals surface area (Å²) < 4.78 is 5.05. The first kappa shape index (κ1) is 8.62. The van der Waals surface area contributed by atoms with E-state index in [2.05, 4.69) is 17.6 Å². The van der Waals surface area contributed by atoms with Crippen LogP contribution in [-0.4, -0.2) is 27.6 Å². The zero-order valence-electron chi connectivity index (χ0n) is 7.01. The number of oxazole rings is 1. The molecule has 5 heteroatoms. The van der Waals surface area contributed by atoms with Crippen molar-refractivity contribution in [3.05, 3.63) is 18.4 Å². The van der Waals surface area contributed by atoms with E-state index in [1.807, 2.05) is 0 Å². The molecule has 1 aliphatic heterocycles. The van der Waals surface area contributed by atoms with Crippen LogP contribution in [0.1, 0.15) is 12.2 Å². The fraction of sp³-hybridized carbons (Fsp3) is 0.500. The molecule has 0 aromatic carbocycles. The highest BCUT2D eigenvalue weighted by atomic mass is 32.1. The van der Waals surface area contributed by atoms with E-state index in [1.165, 1.54) is 6.39 Å². The van der Waals surface area contributed by atoms with Crippen LogP contribution < -0.4 is 0 Å². The van der Waals surface area contributed by atoms with Crippen molar-refractivity contribution in [1.82, 2.24) is 9.88 Å². The molecule has 0 N–H and O–H groups in total. The number of carbonyl (C=O) groups is 1. The Morgan fingerprint density at radius 2 is 2.62 bits per heavy atom. The first-order chi connectivity index (χ1) is 6.25. The Morgan fingerprint density at radius 3 is 3.15 bits per heavy atom. The Hall–Kier alpha value is -0.970. The van der Waals surface area contributed by atoms with Crippen molar-refractivity contribution < 1.29 is 9.21 Å². The van der Waals surface area contributed by atoms with E-state index >= 15 is 0 Å². The molecule has 4 nitrogen and oxygen atoms in total. The second-order valence-corrected chi connectivity index (χ2v) is 3.83. The minimum atomic E-state index is 0.136. The number of likely N-dealkylation sites (tertiary alicyclic amines) is 1. The van der Waals surface area contributed by atoms with Crippen molar-refractivity contribution >= 4 is 18.5 Å². The number of amides is 1. The van der Waals surface area contributed by atoms with Gasteiger partial charge in [0.15, 0.2) is 6.39 Å². The smallest absolute Gasteiger partial charge is 0.224 e. The Labute approximate surface area is 81.3 Å². The Morgan fingerprint density at radius 1 is 1.77 bits per heavy atom. The topological polar surface area (TPSA) is 46.3 Å². The van der Waals surface area contributed by atoms with E-state index in [0.29, 0.717) is 19.5 Å². The average Bonchev–Trinajstić information content (AvgIpc) is 2.63. The highest BCUT2D eigenvalue weighted by Crippen LogP contribution is 2.18. The second kappa shape index (κ2) is 3.41. The molecule has 1 aromatic rings. The van der Waals surface area contributed by atoms with E-state index < -0.39 is 0 Å². The molecule has 0 spiro atoms. The van der Waals surface area contributed by atoms with Gasteiger partial charge >= 0.3 is 0 Å². The Bertz CT molecular complexity index is 299. The quantitative estimate of drug-likeness (QED) is 0.712. The monoisotopic (exact) mass is 198 g/mol. The number of hydrogen-bond acceptors (Lipinski definition) is 4. The molecule has 1 fully saturated rings. The van der Waals surface area contributed by atoms with Crippen LogP contribution in [0.5, 0.6) is 0 Å². The maximum atomic E-state index is 11.3. The minimum Gasteiger partial charge on any atom is -0.447 e. The Balaban J connectivity index is 1.99. The largest absolute Gasteiger partial charge is 0.447 e. The minimum absolute atomic E-state index is 0.136. The summed E-state index contributed by atoms with van der Waals surface area (Å²) in [6.07, 6.45) is 3.52. The predicted octanol–water partition coefficient (Wildman–Crippen LogP) is 0.705. The summed E-state index contributed by atoms with van der Waals surface area (Å²) in [5.74, 6) is 0.854. The zero-order valence-corrected chi connectivity index (χ0v) is 7.91. The third kappa shape index (κ3) is 1.85. The molecule has 0 bridgehead atoms. The van der Waals surface area contributed by atoms with Gasteiger partial charge in [-0.3, -0.25) is 4.79 Å². The molecular formula is C8H10N2O2S. The molecule has 70 valence electrons. The van der Waals surface area contributed by atoms with E-state index in [1.54, 1.807) is 11.1 Å². The van der Waals surface area contributed by atoms with Crippen LogP contribution >= 0.6 is 12.6 Å². The maximum Gasteiger partial charge on any atom is 0.224 e. The zero-order chi connectivity index (χ0) is 9.26. The summed E-state index contributed by atoms with van der Waals surface area (Å²) in [7, 11) is 0. The molecule has 0 radical (unpaired) electrons. The molecular weight excluding hydrogens is 188 g/mol. The van der Waals surface area contributed by atoms with Crippen LogP contribution in [0.2, 0.25) is 0 Å². The average molecular weight is 198 g/mol. The molecule has 1 unspecified atom stereocenters. The lowest BCUT2D eigenvalue weighted by atomic mass is 10.4. The van der Waals surface area contributed by atoms with Crippen LogP contribution in [0.15, 0.2) is 17.0 Å². The number of rotatable bonds is 2. The van der Waals surface area contributed by atoms with E-state index in [9.17, 15) is 4.79 Å². The van der Waals surface area contributed by atoms with Gasteiger partial charge in [0.1, 0.15) is 5.76 Å². The molecule has 2 rings (SSSR count). The lowest BCUT2D eigenvalue weighted by Gasteiger charge is -2.12. The van der Waals surface area contributed by atoms with Crippen LogP contribution in [0.4, 0.5) is 0 Å². The van der Waals surface area contributed by atoms with Gasteiger partial charge in [0.25, 0.3) is 0 Å². The summed E-state index contributed by atoms with van der Waals surface area (Å²) in [6, 6.07) is 0. The van der Waals surface area contributed by atoms with Gasteiger partial charge in [0.2, 0.25) is 5.91 Å². The van der Waals surface area contributed by atoms with Crippen LogP contribution in [0, 0.1) is 0 Å². The highest BCUT2D eigenvalue weighted by Gasteiger charge is 2.27. The molecule has 1 aromatic heterocycles. The Kier molecular flexibility index (Phi) is 2.26. The molecule has 0 aliphatic carbocycles. The van der Waals surface area contributed by atoms with Crippen molar-refractivity contribution in [1.29, 1.82) is 0 Å². The van der Waals surface area contributed by atoms with Gasteiger partial charge in [-0.05, 0) is 0 Å². The van der Waals surface area contributed by atoms with Gasteiger partial charge in [0, 0.05) is 18.2 Å². The first-order valence-electron chi connectivity index (χ1n) is 4.09. The molecule has 2 heterocycles. The fourth-order valence-corrected chi connectivity index (χ4v) is 1.77. The van der Waals surface area contributed by atoms with Gasteiger partial charge in [-0.25, -0.2) is 4.98 Å². The van der Waals surface area contributed by atoms with Gasteiger partial charge in [-0.1, -0.05) is 0 Å². The van der Waals surface area contributed by atoms with E-state index in [4.69, 9.17) is 4.42 Å². The molecule has 1 aliphatic rings.